The van der Waals surface area contributed by atoms with E-state index in [9.17, 15) is 0 Å². The molecule has 1 aliphatic rings. The second-order valence-electron chi connectivity index (χ2n) is 8.11. The lowest BCUT2D eigenvalue weighted by Crippen LogP contribution is -2.37. The largest absolute Gasteiger partial charge is 0.379 e. The molecule has 6 nitrogen and oxygen atoms in total. The van der Waals surface area contributed by atoms with Crippen molar-refractivity contribution in [3.05, 3.63) is 70.8 Å². The minimum absolute atomic E-state index is 0.245. The van der Waals surface area contributed by atoms with E-state index in [1.165, 1.54) is 22.3 Å². The van der Waals surface area contributed by atoms with E-state index in [2.05, 4.69) is 82.9 Å². The molecule has 2 aromatic rings. The van der Waals surface area contributed by atoms with E-state index < -0.39 is 0 Å². The normalized spacial score (nSPS) is 15.3. The van der Waals surface area contributed by atoms with Crippen LogP contribution < -0.4 is 10.6 Å². The quantitative estimate of drug-likeness (QED) is 0.478. The number of ether oxygens (including phenoxy) is 2. The Labute approximate surface area is 186 Å². The van der Waals surface area contributed by atoms with Gasteiger partial charge in [-0.15, -0.1) is 0 Å². The highest BCUT2D eigenvalue weighted by atomic mass is 16.5. The Bertz CT molecular complexity index is 815. The maximum atomic E-state index is 5.66. The number of nitrogens with one attached hydrogen (secondary N) is 2. The van der Waals surface area contributed by atoms with Gasteiger partial charge in [0, 0.05) is 39.8 Å². The highest BCUT2D eigenvalue weighted by molar-refractivity contribution is 5.79. The van der Waals surface area contributed by atoms with E-state index in [0.29, 0.717) is 6.61 Å². The van der Waals surface area contributed by atoms with Crippen LogP contribution in [0.3, 0.4) is 0 Å². The molecule has 31 heavy (non-hydrogen) atoms. The summed E-state index contributed by atoms with van der Waals surface area (Å²) in [7, 11) is 1.81. The first-order valence-corrected chi connectivity index (χ1v) is 11.1. The third-order valence-electron chi connectivity index (χ3n) is 5.35. The molecule has 0 saturated carbocycles. The second kappa shape index (κ2) is 12.4. The van der Waals surface area contributed by atoms with Crippen LogP contribution in [0, 0.1) is 0 Å². The topological polar surface area (TPSA) is 58.1 Å². The highest BCUT2D eigenvalue weighted by Crippen LogP contribution is 2.13. The second-order valence-corrected chi connectivity index (χ2v) is 8.11. The first-order chi connectivity index (χ1) is 15.1. The van der Waals surface area contributed by atoms with Crippen LogP contribution in [-0.4, -0.2) is 50.3 Å². The summed E-state index contributed by atoms with van der Waals surface area (Å²) in [6.45, 7) is 10.8. The summed E-state index contributed by atoms with van der Waals surface area (Å²) in [5.74, 6) is 0.799. The molecule has 1 saturated heterocycles. The molecule has 1 aliphatic heterocycles. The van der Waals surface area contributed by atoms with Crippen molar-refractivity contribution in [1.29, 1.82) is 0 Å². The number of aliphatic imine (C=N–C) groups is 1. The zero-order valence-electron chi connectivity index (χ0n) is 19.1. The molecule has 3 rings (SSSR count). The van der Waals surface area contributed by atoms with E-state index >= 15 is 0 Å². The van der Waals surface area contributed by atoms with Crippen molar-refractivity contribution in [3.8, 4) is 0 Å². The van der Waals surface area contributed by atoms with Crippen molar-refractivity contribution in [3.63, 3.8) is 0 Å². The number of hydrogen-bond donors (Lipinski definition) is 2. The van der Waals surface area contributed by atoms with Gasteiger partial charge in [-0.3, -0.25) is 9.89 Å². The van der Waals surface area contributed by atoms with E-state index in [0.717, 1.165) is 51.9 Å². The zero-order chi connectivity index (χ0) is 21.9. The fourth-order valence-electron chi connectivity index (χ4n) is 3.49. The van der Waals surface area contributed by atoms with Gasteiger partial charge in [0.05, 0.1) is 25.9 Å². The third kappa shape index (κ3) is 7.98. The predicted octanol–water partition coefficient (Wildman–Crippen LogP) is 3.31. The summed E-state index contributed by atoms with van der Waals surface area (Å²) in [6.07, 6.45) is 0.245. The summed E-state index contributed by atoms with van der Waals surface area (Å²) in [5.41, 5.74) is 5.05. The minimum Gasteiger partial charge on any atom is -0.379 e. The highest BCUT2D eigenvalue weighted by Gasteiger charge is 2.12. The molecule has 0 bridgehead atoms. The number of hydrogen-bond acceptors (Lipinski definition) is 4. The molecule has 2 aromatic carbocycles. The van der Waals surface area contributed by atoms with E-state index in [1.54, 1.807) is 7.05 Å². The Morgan fingerprint density at radius 3 is 2.29 bits per heavy atom. The van der Waals surface area contributed by atoms with Gasteiger partial charge in [0.2, 0.25) is 0 Å². The van der Waals surface area contributed by atoms with Crippen LogP contribution in [-0.2, 0) is 35.7 Å². The summed E-state index contributed by atoms with van der Waals surface area (Å²) < 4.78 is 11.1. The molecule has 2 N–H and O–H groups in total. The Balaban J connectivity index is 1.48. The monoisotopic (exact) mass is 424 g/mol. The van der Waals surface area contributed by atoms with Gasteiger partial charge < -0.3 is 20.1 Å². The molecule has 168 valence electrons. The van der Waals surface area contributed by atoms with Crippen molar-refractivity contribution in [1.82, 2.24) is 15.5 Å². The standard InChI is InChI=1S/C25H36N4O2/c1-20(2)31-19-22-10-8-21(9-11-22)16-27-25(26-3)28-17-23-6-4-5-7-24(23)18-29-12-14-30-15-13-29/h4-11,20H,12-19H2,1-3H3,(H2,26,27,28). The fraction of sp³-hybridized carbons (Fsp3) is 0.480. The van der Waals surface area contributed by atoms with Crippen LogP contribution in [0.4, 0.5) is 0 Å². The SMILES string of the molecule is CN=C(NCc1ccc(COC(C)C)cc1)NCc1ccccc1CN1CCOCC1. The first-order valence-electron chi connectivity index (χ1n) is 11.1. The zero-order valence-corrected chi connectivity index (χ0v) is 19.1. The van der Waals surface area contributed by atoms with E-state index in [4.69, 9.17) is 9.47 Å². The Morgan fingerprint density at radius 2 is 1.61 bits per heavy atom. The van der Waals surface area contributed by atoms with Crippen molar-refractivity contribution < 1.29 is 9.47 Å². The maximum absolute atomic E-state index is 5.66. The lowest BCUT2D eigenvalue weighted by Gasteiger charge is -2.27. The van der Waals surface area contributed by atoms with E-state index in [-0.39, 0.29) is 6.10 Å². The van der Waals surface area contributed by atoms with Crippen molar-refractivity contribution in [2.24, 2.45) is 4.99 Å². The molecule has 0 amide bonds. The lowest BCUT2D eigenvalue weighted by atomic mass is 10.1. The molecule has 0 radical (unpaired) electrons. The van der Waals surface area contributed by atoms with Gasteiger partial charge in [0.15, 0.2) is 5.96 Å². The Kier molecular flexibility index (Phi) is 9.34. The number of benzene rings is 2. The molecule has 0 spiro atoms. The summed E-state index contributed by atoms with van der Waals surface area (Å²) >= 11 is 0. The van der Waals surface area contributed by atoms with Gasteiger partial charge in [0.25, 0.3) is 0 Å². The van der Waals surface area contributed by atoms with Crippen LogP contribution >= 0.6 is 0 Å². The lowest BCUT2D eigenvalue weighted by molar-refractivity contribution is 0.0341. The molecule has 0 unspecified atom stereocenters. The van der Waals surface area contributed by atoms with Gasteiger partial charge in [-0.25, -0.2) is 0 Å². The smallest absolute Gasteiger partial charge is 0.191 e. The third-order valence-corrected chi connectivity index (χ3v) is 5.35. The molecule has 6 heteroatoms. The average Bonchev–Trinajstić information content (AvgIpc) is 2.80. The van der Waals surface area contributed by atoms with Crippen LogP contribution in [0.15, 0.2) is 53.5 Å². The van der Waals surface area contributed by atoms with Crippen molar-refractivity contribution >= 4 is 5.96 Å². The van der Waals surface area contributed by atoms with Crippen molar-refractivity contribution in [2.75, 3.05) is 33.4 Å². The number of guanidine groups is 1. The predicted molar refractivity (Wildman–Crippen MR) is 126 cm³/mol. The van der Waals surface area contributed by atoms with Gasteiger partial charge in [-0.1, -0.05) is 48.5 Å². The molecule has 1 fully saturated rings. The number of nitrogens with zero attached hydrogens (tertiary/aromatic N) is 2. The molecule has 0 aromatic heterocycles. The van der Waals surface area contributed by atoms with Crippen LogP contribution in [0.5, 0.6) is 0 Å². The molecule has 1 heterocycles. The summed E-state index contributed by atoms with van der Waals surface area (Å²) in [5, 5.41) is 6.86. The van der Waals surface area contributed by atoms with Crippen LogP contribution in [0.1, 0.15) is 36.1 Å². The molecule has 0 atom stereocenters. The fourth-order valence-corrected chi connectivity index (χ4v) is 3.49. The number of rotatable bonds is 9. The van der Waals surface area contributed by atoms with Gasteiger partial charge in [0.1, 0.15) is 0 Å². The summed E-state index contributed by atoms with van der Waals surface area (Å²) in [4.78, 5) is 6.83. The van der Waals surface area contributed by atoms with Gasteiger partial charge in [-0.2, -0.15) is 0 Å². The van der Waals surface area contributed by atoms with Crippen LogP contribution in [0.25, 0.3) is 0 Å². The van der Waals surface area contributed by atoms with Gasteiger partial charge in [-0.05, 0) is 36.1 Å². The van der Waals surface area contributed by atoms with Gasteiger partial charge >= 0.3 is 0 Å². The molecular formula is C25H36N4O2. The van der Waals surface area contributed by atoms with Crippen molar-refractivity contribution in [2.45, 2.75) is 46.2 Å². The molecular weight excluding hydrogens is 388 g/mol. The maximum Gasteiger partial charge on any atom is 0.191 e. The average molecular weight is 425 g/mol. The summed E-state index contributed by atoms with van der Waals surface area (Å²) in [6, 6.07) is 17.1. The van der Waals surface area contributed by atoms with Crippen LogP contribution in [0.2, 0.25) is 0 Å². The number of morpholine rings is 1. The molecule has 0 aliphatic carbocycles. The van der Waals surface area contributed by atoms with E-state index in [1.807, 2.05) is 0 Å². The Hall–Kier alpha value is -2.41. The first kappa shape index (κ1) is 23.3. The minimum atomic E-state index is 0.245. The Morgan fingerprint density at radius 1 is 0.968 bits per heavy atom.